The molecule has 158 valence electrons. The van der Waals surface area contributed by atoms with Gasteiger partial charge in [0, 0.05) is 25.6 Å². The Labute approximate surface area is 177 Å². The Morgan fingerprint density at radius 1 is 1.03 bits per heavy atom. The van der Waals surface area contributed by atoms with Gasteiger partial charge in [-0.15, -0.1) is 0 Å². The van der Waals surface area contributed by atoms with E-state index in [2.05, 4.69) is 12.2 Å². The van der Waals surface area contributed by atoms with Crippen LogP contribution >= 0.6 is 0 Å². The van der Waals surface area contributed by atoms with E-state index in [0.717, 1.165) is 23.4 Å². The van der Waals surface area contributed by atoms with Gasteiger partial charge in [-0.05, 0) is 37.0 Å². The number of rotatable bonds is 4. The molecular formula is C24H29N3O3. The zero-order chi connectivity index (χ0) is 20.9. The standard InChI is InChI=1S/C24H29N3O3/c1-2-20-17-27(21-10-6-7-11-22(21)30-20)24(29)26-14-12-19(13-15-26)23(28)25-16-18-8-4-3-5-9-18/h3-11,19-20H,2,12-17H2,1H3,(H,25,28)/t20-/m1/s1. The van der Waals surface area contributed by atoms with Crippen LogP contribution in [0.5, 0.6) is 5.75 Å². The molecule has 2 heterocycles. The normalized spacial score (nSPS) is 19.0. The van der Waals surface area contributed by atoms with Crippen molar-refractivity contribution in [2.45, 2.75) is 38.8 Å². The number of carbonyl (C=O) groups excluding carboxylic acids is 2. The molecule has 2 aliphatic rings. The predicted molar refractivity (Wildman–Crippen MR) is 116 cm³/mol. The molecule has 2 aromatic rings. The average molecular weight is 408 g/mol. The molecular weight excluding hydrogens is 378 g/mol. The van der Waals surface area contributed by atoms with Crippen LogP contribution in [0.15, 0.2) is 54.6 Å². The van der Waals surface area contributed by atoms with E-state index in [-0.39, 0.29) is 24.0 Å². The lowest BCUT2D eigenvalue weighted by atomic mass is 9.96. The first-order valence-electron chi connectivity index (χ1n) is 10.8. The second-order valence-electron chi connectivity index (χ2n) is 7.97. The number of benzene rings is 2. The highest BCUT2D eigenvalue weighted by Gasteiger charge is 2.34. The number of carbonyl (C=O) groups is 2. The van der Waals surface area contributed by atoms with Crippen molar-refractivity contribution in [1.29, 1.82) is 0 Å². The largest absolute Gasteiger partial charge is 0.486 e. The monoisotopic (exact) mass is 407 g/mol. The third-order valence-electron chi connectivity index (χ3n) is 5.97. The number of likely N-dealkylation sites (tertiary alicyclic amines) is 1. The molecule has 1 fully saturated rings. The smallest absolute Gasteiger partial charge is 0.324 e. The van der Waals surface area contributed by atoms with Gasteiger partial charge in [-0.3, -0.25) is 9.69 Å². The van der Waals surface area contributed by atoms with Crippen molar-refractivity contribution < 1.29 is 14.3 Å². The molecule has 2 aliphatic heterocycles. The van der Waals surface area contributed by atoms with E-state index in [0.29, 0.717) is 39.0 Å². The number of ether oxygens (including phenoxy) is 1. The van der Waals surface area contributed by atoms with Gasteiger partial charge in [0.2, 0.25) is 5.91 Å². The van der Waals surface area contributed by atoms with Crippen molar-refractivity contribution in [1.82, 2.24) is 10.2 Å². The van der Waals surface area contributed by atoms with E-state index in [1.807, 2.05) is 64.4 Å². The molecule has 1 atom stereocenters. The minimum Gasteiger partial charge on any atom is -0.486 e. The summed E-state index contributed by atoms with van der Waals surface area (Å²) in [6, 6.07) is 17.6. The van der Waals surface area contributed by atoms with Gasteiger partial charge >= 0.3 is 6.03 Å². The Morgan fingerprint density at radius 3 is 2.47 bits per heavy atom. The van der Waals surface area contributed by atoms with Crippen LogP contribution in [0.3, 0.4) is 0 Å². The summed E-state index contributed by atoms with van der Waals surface area (Å²) in [6.07, 6.45) is 2.23. The van der Waals surface area contributed by atoms with Gasteiger partial charge in [0.25, 0.3) is 0 Å². The molecule has 0 spiro atoms. The zero-order valence-electron chi connectivity index (χ0n) is 17.4. The molecule has 0 bridgehead atoms. The number of fused-ring (bicyclic) bond motifs is 1. The SMILES string of the molecule is CC[C@@H]1CN(C(=O)N2CCC(C(=O)NCc3ccccc3)CC2)c2ccccc2O1. The van der Waals surface area contributed by atoms with E-state index >= 15 is 0 Å². The lowest BCUT2D eigenvalue weighted by molar-refractivity contribution is -0.126. The number of anilines is 1. The quantitative estimate of drug-likeness (QED) is 0.838. The van der Waals surface area contributed by atoms with Gasteiger partial charge in [0.05, 0.1) is 12.2 Å². The molecule has 0 saturated carbocycles. The fourth-order valence-electron chi connectivity index (χ4n) is 4.13. The Kier molecular flexibility index (Phi) is 6.21. The highest BCUT2D eigenvalue weighted by molar-refractivity contribution is 5.94. The molecule has 2 aromatic carbocycles. The minimum absolute atomic E-state index is 0.00477. The molecule has 30 heavy (non-hydrogen) atoms. The molecule has 0 radical (unpaired) electrons. The first-order valence-corrected chi connectivity index (χ1v) is 10.8. The molecule has 6 heteroatoms. The molecule has 4 rings (SSSR count). The van der Waals surface area contributed by atoms with Gasteiger partial charge < -0.3 is 15.0 Å². The van der Waals surface area contributed by atoms with Crippen LogP contribution in [0, 0.1) is 5.92 Å². The molecule has 6 nitrogen and oxygen atoms in total. The summed E-state index contributed by atoms with van der Waals surface area (Å²) in [5.41, 5.74) is 1.92. The average Bonchev–Trinajstić information content (AvgIpc) is 2.82. The summed E-state index contributed by atoms with van der Waals surface area (Å²) in [5.74, 6) is 0.797. The highest BCUT2D eigenvalue weighted by Crippen LogP contribution is 2.35. The maximum Gasteiger partial charge on any atom is 0.324 e. The summed E-state index contributed by atoms with van der Waals surface area (Å²) < 4.78 is 6.00. The van der Waals surface area contributed by atoms with E-state index in [9.17, 15) is 9.59 Å². The van der Waals surface area contributed by atoms with E-state index in [1.165, 1.54) is 0 Å². The Balaban J connectivity index is 1.34. The van der Waals surface area contributed by atoms with Gasteiger partial charge in [-0.2, -0.15) is 0 Å². The Bertz CT molecular complexity index is 878. The Morgan fingerprint density at radius 2 is 1.73 bits per heavy atom. The van der Waals surface area contributed by atoms with Gasteiger partial charge in [-0.25, -0.2) is 4.79 Å². The van der Waals surface area contributed by atoms with Crippen LogP contribution in [0.4, 0.5) is 10.5 Å². The van der Waals surface area contributed by atoms with Crippen molar-refractivity contribution in [2.24, 2.45) is 5.92 Å². The molecule has 3 amide bonds. The minimum atomic E-state index is -0.0434. The van der Waals surface area contributed by atoms with Gasteiger partial charge in [0.1, 0.15) is 11.9 Å². The van der Waals surface area contributed by atoms with Gasteiger partial charge in [-0.1, -0.05) is 49.4 Å². The van der Waals surface area contributed by atoms with Crippen molar-refractivity contribution in [2.75, 3.05) is 24.5 Å². The molecule has 0 unspecified atom stereocenters. The van der Waals surface area contributed by atoms with Crippen LogP contribution in [-0.2, 0) is 11.3 Å². The molecule has 1 N–H and O–H groups in total. The van der Waals surface area contributed by atoms with Crippen molar-refractivity contribution in [3.63, 3.8) is 0 Å². The predicted octanol–water partition coefficient (Wildman–Crippen LogP) is 3.81. The van der Waals surface area contributed by atoms with E-state index in [1.54, 1.807) is 0 Å². The number of amides is 3. The maximum absolute atomic E-state index is 13.3. The van der Waals surface area contributed by atoms with Crippen molar-refractivity contribution in [3.05, 3.63) is 60.2 Å². The first kappa shape index (κ1) is 20.3. The second-order valence-corrected chi connectivity index (χ2v) is 7.97. The third-order valence-corrected chi connectivity index (χ3v) is 5.97. The van der Waals surface area contributed by atoms with Crippen LogP contribution < -0.4 is 15.0 Å². The van der Waals surface area contributed by atoms with Crippen LogP contribution in [-0.4, -0.2) is 42.6 Å². The maximum atomic E-state index is 13.3. The fraction of sp³-hybridized carbons (Fsp3) is 0.417. The molecule has 0 aliphatic carbocycles. The van der Waals surface area contributed by atoms with Crippen LogP contribution in [0.25, 0.3) is 0 Å². The number of para-hydroxylation sites is 2. The van der Waals surface area contributed by atoms with Crippen LogP contribution in [0.2, 0.25) is 0 Å². The summed E-state index contributed by atoms with van der Waals surface area (Å²) in [6.45, 7) is 4.36. The summed E-state index contributed by atoms with van der Waals surface area (Å²) in [5, 5.41) is 3.03. The number of hydrogen-bond donors (Lipinski definition) is 1. The summed E-state index contributed by atoms with van der Waals surface area (Å²) in [4.78, 5) is 29.5. The Hall–Kier alpha value is -3.02. The topological polar surface area (TPSA) is 61.9 Å². The molecule has 0 aromatic heterocycles. The fourth-order valence-corrected chi connectivity index (χ4v) is 4.13. The van der Waals surface area contributed by atoms with E-state index in [4.69, 9.17) is 4.74 Å². The summed E-state index contributed by atoms with van der Waals surface area (Å²) >= 11 is 0. The number of piperidine rings is 1. The van der Waals surface area contributed by atoms with Crippen LogP contribution in [0.1, 0.15) is 31.7 Å². The lowest BCUT2D eigenvalue weighted by Crippen LogP contribution is -2.52. The second kappa shape index (κ2) is 9.20. The lowest BCUT2D eigenvalue weighted by Gasteiger charge is -2.39. The van der Waals surface area contributed by atoms with Gasteiger partial charge in [0.15, 0.2) is 0 Å². The summed E-state index contributed by atoms with van der Waals surface area (Å²) in [7, 11) is 0. The van der Waals surface area contributed by atoms with E-state index < -0.39 is 0 Å². The number of hydrogen-bond acceptors (Lipinski definition) is 3. The number of urea groups is 1. The third kappa shape index (κ3) is 4.42. The van der Waals surface area contributed by atoms with Crippen molar-refractivity contribution in [3.8, 4) is 5.75 Å². The number of nitrogens with one attached hydrogen (secondary N) is 1. The highest BCUT2D eigenvalue weighted by atomic mass is 16.5. The van der Waals surface area contributed by atoms with Crippen molar-refractivity contribution >= 4 is 17.6 Å². The first-order chi connectivity index (χ1) is 14.7. The molecule has 1 saturated heterocycles. The zero-order valence-corrected chi connectivity index (χ0v) is 17.4. The number of nitrogens with zero attached hydrogens (tertiary/aromatic N) is 2.